The van der Waals surface area contributed by atoms with Gasteiger partial charge in [0.15, 0.2) is 0 Å². The quantitative estimate of drug-likeness (QED) is 0.744. The highest BCUT2D eigenvalue weighted by atomic mass is 32.1. The van der Waals surface area contributed by atoms with Crippen LogP contribution >= 0.6 is 11.3 Å². The molecule has 0 saturated carbocycles. The molecule has 1 heterocycles. The van der Waals surface area contributed by atoms with Gasteiger partial charge in [-0.25, -0.2) is 4.98 Å². The molecule has 0 N–H and O–H groups in total. The third-order valence-corrected chi connectivity index (χ3v) is 3.35. The Kier molecular flexibility index (Phi) is 4.47. The van der Waals surface area contributed by atoms with E-state index in [0.29, 0.717) is 6.61 Å². The fraction of sp³-hybridized carbons (Fsp3) is 0.667. The highest BCUT2D eigenvalue weighted by Gasteiger charge is 2.33. The summed E-state index contributed by atoms with van der Waals surface area (Å²) in [7, 11) is 0. The van der Waals surface area contributed by atoms with Crippen LogP contribution in [-0.4, -0.2) is 17.6 Å². The predicted octanol–water partition coefficient (Wildman–Crippen LogP) is 2.94. The number of hydrogen-bond donors (Lipinski definition) is 0. The molecule has 0 unspecified atom stereocenters. The molecular weight excluding hydrogens is 222 g/mol. The third-order valence-electron chi connectivity index (χ3n) is 2.44. The zero-order valence-electron chi connectivity index (χ0n) is 10.4. The number of ether oxygens (including phenoxy) is 1. The number of aryl methyl sites for hydroxylation is 1. The summed E-state index contributed by atoms with van der Waals surface area (Å²) in [6.45, 7) is 8.06. The first-order valence-electron chi connectivity index (χ1n) is 5.64. The van der Waals surface area contributed by atoms with Crippen molar-refractivity contribution in [2.24, 2.45) is 0 Å². The Hall–Kier alpha value is -0.900. The van der Waals surface area contributed by atoms with E-state index in [-0.39, 0.29) is 5.97 Å². The lowest BCUT2D eigenvalue weighted by molar-refractivity contribution is -0.148. The van der Waals surface area contributed by atoms with Crippen LogP contribution in [0.2, 0.25) is 0 Å². The van der Waals surface area contributed by atoms with Gasteiger partial charge in [0, 0.05) is 5.38 Å². The van der Waals surface area contributed by atoms with Gasteiger partial charge in [-0.2, -0.15) is 0 Å². The largest absolute Gasteiger partial charge is 0.465 e. The molecule has 16 heavy (non-hydrogen) atoms. The Morgan fingerprint density at radius 3 is 2.75 bits per heavy atom. The van der Waals surface area contributed by atoms with Gasteiger partial charge in [-0.1, -0.05) is 6.92 Å². The van der Waals surface area contributed by atoms with Gasteiger partial charge in [0.1, 0.15) is 5.41 Å². The highest BCUT2D eigenvalue weighted by Crippen LogP contribution is 2.26. The standard InChI is InChI=1S/C12H19NO2S/c1-5-7-10-13-9(8-16-10)12(3,4)11(14)15-6-2/h8H,5-7H2,1-4H3. The molecule has 0 bridgehead atoms. The van der Waals surface area contributed by atoms with E-state index in [1.165, 1.54) is 0 Å². The van der Waals surface area contributed by atoms with Crippen molar-refractivity contribution in [2.75, 3.05) is 6.61 Å². The van der Waals surface area contributed by atoms with Crippen LogP contribution in [0.15, 0.2) is 5.38 Å². The third kappa shape index (κ3) is 2.82. The maximum absolute atomic E-state index is 11.8. The number of hydrogen-bond acceptors (Lipinski definition) is 4. The smallest absolute Gasteiger partial charge is 0.317 e. The SMILES string of the molecule is CCCc1nc(C(C)(C)C(=O)OCC)cs1. The number of nitrogens with zero attached hydrogens (tertiary/aromatic N) is 1. The Bertz CT molecular complexity index is 358. The summed E-state index contributed by atoms with van der Waals surface area (Å²) < 4.78 is 5.06. The lowest BCUT2D eigenvalue weighted by Crippen LogP contribution is -2.31. The molecule has 90 valence electrons. The summed E-state index contributed by atoms with van der Waals surface area (Å²) in [5, 5.41) is 3.05. The van der Waals surface area contributed by atoms with Crippen LogP contribution in [0.25, 0.3) is 0 Å². The molecule has 0 amide bonds. The van der Waals surface area contributed by atoms with Crippen LogP contribution in [0.4, 0.5) is 0 Å². The van der Waals surface area contributed by atoms with Gasteiger partial charge in [-0.15, -0.1) is 11.3 Å². The molecular formula is C12H19NO2S. The summed E-state index contributed by atoms with van der Waals surface area (Å²) in [6.07, 6.45) is 2.05. The summed E-state index contributed by atoms with van der Waals surface area (Å²) >= 11 is 1.62. The summed E-state index contributed by atoms with van der Waals surface area (Å²) in [4.78, 5) is 16.3. The van der Waals surface area contributed by atoms with Crippen molar-refractivity contribution in [3.8, 4) is 0 Å². The van der Waals surface area contributed by atoms with E-state index in [0.717, 1.165) is 23.5 Å². The Balaban J connectivity index is 2.84. The van der Waals surface area contributed by atoms with Crippen molar-refractivity contribution >= 4 is 17.3 Å². The predicted molar refractivity (Wildman–Crippen MR) is 65.8 cm³/mol. The minimum absolute atomic E-state index is 0.205. The van der Waals surface area contributed by atoms with Crippen LogP contribution in [0.3, 0.4) is 0 Å². The molecule has 3 nitrogen and oxygen atoms in total. The van der Waals surface area contributed by atoms with Crippen molar-refractivity contribution in [3.63, 3.8) is 0 Å². The normalized spacial score (nSPS) is 11.5. The van der Waals surface area contributed by atoms with Crippen molar-refractivity contribution in [2.45, 2.75) is 46.0 Å². The molecule has 0 aliphatic heterocycles. The van der Waals surface area contributed by atoms with E-state index >= 15 is 0 Å². The maximum Gasteiger partial charge on any atom is 0.317 e. The molecule has 0 aliphatic carbocycles. The topological polar surface area (TPSA) is 39.2 Å². The highest BCUT2D eigenvalue weighted by molar-refractivity contribution is 7.09. The monoisotopic (exact) mass is 241 g/mol. The molecule has 0 atom stereocenters. The number of thiazole rings is 1. The summed E-state index contributed by atoms with van der Waals surface area (Å²) in [6, 6.07) is 0. The van der Waals surface area contributed by atoms with Gasteiger partial charge in [-0.05, 0) is 33.6 Å². The van der Waals surface area contributed by atoms with Crippen LogP contribution in [-0.2, 0) is 21.4 Å². The van der Waals surface area contributed by atoms with Crippen molar-refractivity contribution < 1.29 is 9.53 Å². The van der Waals surface area contributed by atoms with E-state index in [1.807, 2.05) is 26.2 Å². The van der Waals surface area contributed by atoms with Gasteiger partial charge >= 0.3 is 5.97 Å². The Morgan fingerprint density at radius 2 is 2.19 bits per heavy atom. The molecule has 0 aliphatic rings. The average Bonchev–Trinajstić information content (AvgIpc) is 2.68. The van der Waals surface area contributed by atoms with E-state index in [1.54, 1.807) is 11.3 Å². The first kappa shape index (κ1) is 13.2. The van der Waals surface area contributed by atoms with E-state index < -0.39 is 5.41 Å². The first-order valence-corrected chi connectivity index (χ1v) is 6.52. The molecule has 0 radical (unpaired) electrons. The number of rotatable bonds is 5. The van der Waals surface area contributed by atoms with Crippen LogP contribution < -0.4 is 0 Å². The molecule has 0 saturated heterocycles. The number of esters is 1. The van der Waals surface area contributed by atoms with Gasteiger partial charge < -0.3 is 4.74 Å². The molecule has 4 heteroatoms. The number of carbonyl (C=O) groups excluding carboxylic acids is 1. The minimum atomic E-state index is -0.640. The average molecular weight is 241 g/mol. The zero-order chi connectivity index (χ0) is 12.2. The lowest BCUT2D eigenvalue weighted by atomic mass is 9.90. The summed E-state index contributed by atoms with van der Waals surface area (Å²) in [5.41, 5.74) is 0.179. The van der Waals surface area contributed by atoms with Crippen molar-refractivity contribution in [1.82, 2.24) is 4.98 Å². The zero-order valence-corrected chi connectivity index (χ0v) is 11.2. The lowest BCUT2D eigenvalue weighted by Gasteiger charge is -2.19. The van der Waals surface area contributed by atoms with E-state index in [2.05, 4.69) is 11.9 Å². The second kappa shape index (κ2) is 5.43. The van der Waals surface area contributed by atoms with Gasteiger partial charge in [-0.3, -0.25) is 4.79 Å². The fourth-order valence-corrected chi connectivity index (χ4v) is 2.41. The minimum Gasteiger partial charge on any atom is -0.465 e. The van der Waals surface area contributed by atoms with E-state index in [4.69, 9.17) is 4.74 Å². The molecule has 0 fully saturated rings. The molecule has 1 aromatic heterocycles. The molecule has 1 aromatic rings. The number of carbonyl (C=O) groups is 1. The Morgan fingerprint density at radius 1 is 1.50 bits per heavy atom. The fourth-order valence-electron chi connectivity index (χ4n) is 1.34. The van der Waals surface area contributed by atoms with Gasteiger partial charge in [0.25, 0.3) is 0 Å². The second-order valence-electron chi connectivity index (χ2n) is 4.22. The first-order chi connectivity index (χ1) is 7.52. The number of aromatic nitrogens is 1. The molecule has 1 rings (SSSR count). The van der Waals surface area contributed by atoms with Gasteiger partial charge in [0.2, 0.25) is 0 Å². The van der Waals surface area contributed by atoms with Crippen molar-refractivity contribution in [3.05, 3.63) is 16.1 Å². The second-order valence-corrected chi connectivity index (χ2v) is 5.16. The molecule has 0 aromatic carbocycles. The Labute approximate surface area is 101 Å². The summed E-state index contributed by atoms with van der Waals surface area (Å²) in [5.74, 6) is -0.205. The van der Waals surface area contributed by atoms with Crippen LogP contribution in [0, 0.1) is 0 Å². The van der Waals surface area contributed by atoms with E-state index in [9.17, 15) is 4.79 Å². The molecule has 0 spiro atoms. The van der Waals surface area contributed by atoms with Crippen molar-refractivity contribution in [1.29, 1.82) is 0 Å². The van der Waals surface area contributed by atoms with Crippen LogP contribution in [0.5, 0.6) is 0 Å². The maximum atomic E-state index is 11.8. The van der Waals surface area contributed by atoms with Gasteiger partial charge in [0.05, 0.1) is 17.3 Å². The van der Waals surface area contributed by atoms with Crippen LogP contribution in [0.1, 0.15) is 44.8 Å².